The molecular formula is C14H20N4. The maximum atomic E-state index is 5.69. The van der Waals surface area contributed by atoms with Crippen molar-refractivity contribution < 1.29 is 0 Å². The van der Waals surface area contributed by atoms with Crippen LogP contribution in [0.25, 0.3) is 0 Å². The third-order valence-corrected chi connectivity index (χ3v) is 3.19. The summed E-state index contributed by atoms with van der Waals surface area (Å²) in [5, 5.41) is 4.40. The molecule has 4 heteroatoms. The second-order valence-electron chi connectivity index (χ2n) is 4.76. The minimum absolute atomic E-state index is 0.0970. The van der Waals surface area contributed by atoms with Crippen LogP contribution in [-0.2, 0) is 13.5 Å². The van der Waals surface area contributed by atoms with Gasteiger partial charge in [0, 0.05) is 19.7 Å². The molecule has 0 radical (unpaired) electrons. The Morgan fingerprint density at radius 3 is 2.72 bits per heavy atom. The molecule has 0 amide bonds. The molecule has 1 aromatic heterocycles. The lowest BCUT2D eigenvalue weighted by Gasteiger charge is -2.18. The zero-order valence-electron chi connectivity index (χ0n) is 11.1. The third-order valence-electron chi connectivity index (χ3n) is 3.19. The van der Waals surface area contributed by atoms with Gasteiger partial charge in [-0.05, 0) is 31.0 Å². The summed E-state index contributed by atoms with van der Waals surface area (Å²) in [6, 6.07) is 8.55. The quantitative estimate of drug-likeness (QED) is 0.637. The van der Waals surface area contributed by atoms with Gasteiger partial charge in [0.05, 0.1) is 11.7 Å². The number of aryl methyl sites for hydroxylation is 3. The number of benzene rings is 1. The third kappa shape index (κ3) is 2.78. The topological polar surface area (TPSA) is 55.9 Å². The van der Waals surface area contributed by atoms with Crippen LogP contribution in [-0.4, -0.2) is 9.78 Å². The van der Waals surface area contributed by atoms with Crippen LogP contribution in [0.15, 0.2) is 30.5 Å². The Kier molecular flexibility index (Phi) is 3.79. The Morgan fingerprint density at radius 2 is 2.11 bits per heavy atom. The minimum Gasteiger partial charge on any atom is -0.276 e. The summed E-state index contributed by atoms with van der Waals surface area (Å²) >= 11 is 0. The standard InChI is InChI=1S/C14H20N4/c1-10-4-5-11(2)13(8-10)14(16-15)9-12-6-7-18(3)17-12/h4-8,14,16H,9,15H2,1-3H3. The molecule has 0 saturated carbocycles. The van der Waals surface area contributed by atoms with Gasteiger partial charge in [-0.2, -0.15) is 5.10 Å². The smallest absolute Gasteiger partial charge is 0.0643 e. The Balaban J connectivity index is 2.25. The van der Waals surface area contributed by atoms with E-state index in [2.05, 4.69) is 42.6 Å². The van der Waals surface area contributed by atoms with Gasteiger partial charge >= 0.3 is 0 Å². The maximum absolute atomic E-state index is 5.69. The summed E-state index contributed by atoms with van der Waals surface area (Å²) < 4.78 is 1.81. The molecule has 18 heavy (non-hydrogen) atoms. The molecule has 1 heterocycles. The summed E-state index contributed by atoms with van der Waals surface area (Å²) in [5.74, 6) is 5.69. The van der Waals surface area contributed by atoms with Crippen molar-refractivity contribution in [3.8, 4) is 0 Å². The van der Waals surface area contributed by atoms with Crippen molar-refractivity contribution in [2.24, 2.45) is 12.9 Å². The van der Waals surface area contributed by atoms with E-state index < -0.39 is 0 Å². The van der Waals surface area contributed by atoms with Crippen molar-refractivity contribution in [3.63, 3.8) is 0 Å². The molecule has 2 aromatic rings. The van der Waals surface area contributed by atoms with Gasteiger partial charge in [-0.15, -0.1) is 0 Å². The van der Waals surface area contributed by atoms with Crippen LogP contribution >= 0.6 is 0 Å². The van der Waals surface area contributed by atoms with Crippen molar-refractivity contribution in [2.45, 2.75) is 26.3 Å². The van der Waals surface area contributed by atoms with Crippen molar-refractivity contribution >= 4 is 0 Å². The molecule has 0 aliphatic carbocycles. The molecule has 0 aliphatic rings. The van der Waals surface area contributed by atoms with Crippen molar-refractivity contribution in [3.05, 3.63) is 52.8 Å². The zero-order chi connectivity index (χ0) is 13.1. The highest BCUT2D eigenvalue weighted by Crippen LogP contribution is 2.21. The van der Waals surface area contributed by atoms with Gasteiger partial charge in [0.2, 0.25) is 0 Å². The van der Waals surface area contributed by atoms with Crippen LogP contribution in [0.2, 0.25) is 0 Å². The minimum atomic E-state index is 0.0970. The van der Waals surface area contributed by atoms with E-state index >= 15 is 0 Å². The van der Waals surface area contributed by atoms with Crippen molar-refractivity contribution in [1.82, 2.24) is 15.2 Å². The van der Waals surface area contributed by atoms with Crippen LogP contribution in [0, 0.1) is 13.8 Å². The molecule has 0 aliphatic heterocycles. The first kappa shape index (κ1) is 12.8. The SMILES string of the molecule is Cc1ccc(C)c(C(Cc2ccn(C)n2)NN)c1. The fourth-order valence-electron chi connectivity index (χ4n) is 2.18. The molecule has 0 fully saturated rings. The van der Waals surface area contributed by atoms with E-state index in [1.807, 2.05) is 24.0 Å². The number of nitrogens with two attached hydrogens (primary N) is 1. The molecule has 1 unspecified atom stereocenters. The number of aromatic nitrogens is 2. The van der Waals surface area contributed by atoms with Crippen LogP contribution in [0.5, 0.6) is 0 Å². The monoisotopic (exact) mass is 244 g/mol. The molecule has 96 valence electrons. The normalized spacial score (nSPS) is 12.7. The zero-order valence-corrected chi connectivity index (χ0v) is 11.1. The molecule has 3 N–H and O–H groups in total. The lowest BCUT2D eigenvalue weighted by Crippen LogP contribution is -2.30. The Morgan fingerprint density at radius 1 is 1.33 bits per heavy atom. The lowest BCUT2D eigenvalue weighted by atomic mass is 9.96. The lowest BCUT2D eigenvalue weighted by molar-refractivity contribution is 0.539. The molecule has 0 spiro atoms. The number of hydrogen-bond acceptors (Lipinski definition) is 3. The molecule has 2 rings (SSSR count). The summed E-state index contributed by atoms with van der Waals surface area (Å²) in [5.41, 5.74) is 7.67. The number of nitrogens with one attached hydrogen (secondary N) is 1. The number of hydrazine groups is 1. The summed E-state index contributed by atoms with van der Waals surface area (Å²) in [6.07, 6.45) is 2.74. The van der Waals surface area contributed by atoms with Crippen molar-refractivity contribution in [1.29, 1.82) is 0 Å². The van der Waals surface area contributed by atoms with Gasteiger partial charge in [0.1, 0.15) is 0 Å². The van der Waals surface area contributed by atoms with Crippen LogP contribution < -0.4 is 11.3 Å². The fourth-order valence-corrected chi connectivity index (χ4v) is 2.18. The highest BCUT2D eigenvalue weighted by Gasteiger charge is 2.14. The predicted molar refractivity (Wildman–Crippen MR) is 72.9 cm³/mol. The molecular weight excluding hydrogens is 224 g/mol. The predicted octanol–water partition coefficient (Wildman–Crippen LogP) is 1.78. The fraction of sp³-hybridized carbons (Fsp3) is 0.357. The molecule has 0 bridgehead atoms. The van der Waals surface area contributed by atoms with Crippen molar-refractivity contribution in [2.75, 3.05) is 0 Å². The van der Waals surface area contributed by atoms with Gasteiger partial charge in [-0.25, -0.2) is 0 Å². The average molecular weight is 244 g/mol. The largest absolute Gasteiger partial charge is 0.276 e. The van der Waals surface area contributed by atoms with E-state index in [1.165, 1.54) is 16.7 Å². The summed E-state index contributed by atoms with van der Waals surface area (Å²) in [4.78, 5) is 0. The first-order valence-corrected chi connectivity index (χ1v) is 6.12. The van der Waals surface area contributed by atoms with Gasteiger partial charge in [0.15, 0.2) is 0 Å². The van der Waals surface area contributed by atoms with Crippen LogP contribution in [0.1, 0.15) is 28.4 Å². The van der Waals surface area contributed by atoms with Gasteiger partial charge < -0.3 is 0 Å². The van der Waals surface area contributed by atoms with E-state index in [0.29, 0.717) is 0 Å². The van der Waals surface area contributed by atoms with E-state index in [0.717, 1.165) is 12.1 Å². The Labute approximate surface area is 108 Å². The second-order valence-corrected chi connectivity index (χ2v) is 4.76. The molecule has 1 atom stereocenters. The first-order chi connectivity index (χ1) is 8.60. The van der Waals surface area contributed by atoms with Crippen LogP contribution in [0.4, 0.5) is 0 Å². The number of hydrogen-bond donors (Lipinski definition) is 2. The van der Waals surface area contributed by atoms with E-state index in [4.69, 9.17) is 5.84 Å². The van der Waals surface area contributed by atoms with E-state index in [1.54, 1.807) is 0 Å². The van der Waals surface area contributed by atoms with Gasteiger partial charge in [0.25, 0.3) is 0 Å². The Bertz CT molecular complexity index is 530. The Hall–Kier alpha value is -1.65. The number of nitrogens with zero attached hydrogens (tertiary/aromatic N) is 2. The first-order valence-electron chi connectivity index (χ1n) is 6.12. The van der Waals surface area contributed by atoms with Gasteiger partial charge in [-0.3, -0.25) is 16.0 Å². The molecule has 1 aromatic carbocycles. The van der Waals surface area contributed by atoms with E-state index in [9.17, 15) is 0 Å². The summed E-state index contributed by atoms with van der Waals surface area (Å²) in [7, 11) is 1.92. The number of rotatable bonds is 4. The molecule has 0 saturated heterocycles. The average Bonchev–Trinajstić information content (AvgIpc) is 2.75. The van der Waals surface area contributed by atoms with Gasteiger partial charge in [-0.1, -0.05) is 23.8 Å². The molecule has 4 nitrogen and oxygen atoms in total. The maximum Gasteiger partial charge on any atom is 0.0643 e. The highest BCUT2D eigenvalue weighted by molar-refractivity contribution is 5.33. The van der Waals surface area contributed by atoms with E-state index in [-0.39, 0.29) is 6.04 Å². The highest BCUT2D eigenvalue weighted by atomic mass is 15.3. The second kappa shape index (κ2) is 5.33. The summed E-state index contributed by atoms with van der Waals surface area (Å²) in [6.45, 7) is 4.20. The van der Waals surface area contributed by atoms with Crippen LogP contribution in [0.3, 0.4) is 0 Å².